The molecule has 124 valence electrons. The minimum absolute atomic E-state index is 0.480. The Morgan fingerprint density at radius 3 is 2.57 bits per heavy atom. The summed E-state index contributed by atoms with van der Waals surface area (Å²) in [6, 6.07) is 8.64. The minimum Gasteiger partial charge on any atom is -0.325 e. The topological polar surface area (TPSA) is 56.7 Å². The fraction of sp³-hybridized carbons (Fsp3) is 0.579. The van der Waals surface area contributed by atoms with Gasteiger partial charge in [0.25, 0.3) is 0 Å². The van der Waals surface area contributed by atoms with Crippen molar-refractivity contribution < 1.29 is 0 Å². The second-order valence-corrected chi connectivity index (χ2v) is 6.87. The van der Waals surface area contributed by atoms with Crippen LogP contribution in [0.2, 0.25) is 0 Å². The number of aromatic nitrogens is 3. The highest BCUT2D eigenvalue weighted by atomic mass is 15.4. The van der Waals surface area contributed by atoms with Crippen LogP contribution in [0.4, 0.5) is 0 Å². The molecular formula is C19H28N4. The van der Waals surface area contributed by atoms with Gasteiger partial charge in [-0.1, -0.05) is 67.1 Å². The van der Waals surface area contributed by atoms with Gasteiger partial charge >= 0.3 is 0 Å². The zero-order valence-corrected chi connectivity index (χ0v) is 14.2. The van der Waals surface area contributed by atoms with Crippen LogP contribution in [0.5, 0.6) is 0 Å². The van der Waals surface area contributed by atoms with E-state index in [1.165, 1.54) is 55.3 Å². The summed E-state index contributed by atoms with van der Waals surface area (Å²) in [6.45, 7) is 3.38. The van der Waals surface area contributed by atoms with Crippen molar-refractivity contribution in [3.8, 4) is 0 Å². The second-order valence-electron chi connectivity index (χ2n) is 6.87. The predicted octanol–water partition coefficient (Wildman–Crippen LogP) is 3.61. The van der Waals surface area contributed by atoms with Crippen molar-refractivity contribution in [3.05, 3.63) is 46.8 Å². The van der Waals surface area contributed by atoms with Crippen LogP contribution in [0.3, 0.4) is 0 Å². The van der Waals surface area contributed by atoms with Crippen LogP contribution in [0.25, 0.3) is 0 Å². The molecule has 4 heteroatoms. The lowest BCUT2D eigenvalue weighted by atomic mass is 9.85. The number of nitrogens with two attached hydrogens (primary N) is 1. The SMILES string of the molecule is Cc1ccc(Cn2nnc(CN)c2CCC2CCCCC2)cc1. The Balaban J connectivity index is 1.69. The molecule has 0 saturated heterocycles. The Kier molecular flexibility index (Phi) is 5.44. The fourth-order valence-corrected chi connectivity index (χ4v) is 3.61. The van der Waals surface area contributed by atoms with Crippen LogP contribution in [0.1, 0.15) is 61.0 Å². The number of nitrogens with zero attached hydrogens (tertiary/aromatic N) is 3. The first-order valence-electron chi connectivity index (χ1n) is 8.93. The third-order valence-corrected chi connectivity index (χ3v) is 5.08. The highest BCUT2D eigenvalue weighted by Crippen LogP contribution is 2.27. The van der Waals surface area contributed by atoms with Gasteiger partial charge in [-0.3, -0.25) is 0 Å². The Bertz CT molecular complexity index is 609. The van der Waals surface area contributed by atoms with E-state index in [4.69, 9.17) is 5.73 Å². The van der Waals surface area contributed by atoms with Gasteiger partial charge in [0.1, 0.15) is 0 Å². The second kappa shape index (κ2) is 7.73. The van der Waals surface area contributed by atoms with Crippen LogP contribution in [-0.4, -0.2) is 15.0 Å². The highest BCUT2D eigenvalue weighted by molar-refractivity contribution is 5.22. The van der Waals surface area contributed by atoms with Gasteiger partial charge in [0, 0.05) is 6.54 Å². The molecule has 1 saturated carbocycles. The molecule has 0 atom stereocenters. The normalized spacial score (nSPS) is 15.9. The van der Waals surface area contributed by atoms with Crippen LogP contribution < -0.4 is 5.73 Å². The molecule has 1 aliphatic rings. The lowest BCUT2D eigenvalue weighted by Crippen LogP contribution is -2.13. The van der Waals surface area contributed by atoms with Gasteiger partial charge in [0.05, 0.1) is 17.9 Å². The van der Waals surface area contributed by atoms with E-state index < -0.39 is 0 Å². The molecule has 1 aromatic carbocycles. The molecular weight excluding hydrogens is 284 g/mol. The summed E-state index contributed by atoms with van der Waals surface area (Å²) in [6.07, 6.45) is 9.28. The lowest BCUT2D eigenvalue weighted by Gasteiger charge is -2.21. The number of hydrogen-bond acceptors (Lipinski definition) is 3. The largest absolute Gasteiger partial charge is 0.325 e. The Labute approximate surface area is 139 Å². The van der Waals surface area contributed by atoms with E-state index in [0.717, 1.165) is 24.6 Å². The molecule has 0 unspecified atom stereocenters. The average molecular weight is 312 g/mol. The Morgan fingerprint density at radius 2 is 1.87 bits per heavy atom. The van der Waals surface area contributed by atoms with Crippen molar-refractivity contribution in [2.24, 2.45) is 11.7 Å². The molecule has 0 amide bonds. The van der Waals surface area contributed by atoms with Crippen molar-refractivity contribution in [2.75, 3.05) is 0 Å². The van der Waals surface area contributed by atoms with Crippen molar-refractivity contribution >= 4 is 0 Å². The molecule has 0 spiro atoms. The summed E-state index contributed by atoms with van der Waals surface area (Å²) < 4.78 is 2.05. The van der Waals surface area contributed by atoms with Gasteiger partial charge in [-0.25, -0.2) is 4.68 Å². The maximum absolute atomic E-state index is 5.87. The number of hydrogen-bond donors (Lipinski definition) is 1. The lowest BCUT2D eigenvalue weighted by molar-refractivity contribution is 0.336. The van der Waals surface area contributed by atoms with Crippen LogP contribution in [0, 0.1) is 12.8 Å². The maximum atomic E-state index is 5.87. The first kappa shape index (κ1) is 16.2. The quantitative estimate of drug-likeness (QED) is 0.886. The van der Waals surface area contributed by atoms with Crippen molar-refractivity contribution in [3.63, 3.8) is 0 Å². The average Bonchev–Trinajstić information content (AvgIpc) is 2.98. The molecule has 1 aliphatic carbocycles. The van der Waals surface area contributed by atoms with E-state index in [0.29, 0.717) is 6.54 Å². The number of benzene rings is 1. The monoisotopic (exact) mass is 312 g/mol. The Morgan fingerprint density at radius 1 is 1.13 bits per heavy atom. The zero-order valence-electron chi connectivity index (χ0n) is 14.2. The fourth-order valence-electron chi connectivity index (χ4n) is 3.61. The van der Waals surface area contributed by atoms with Crippen LogP contribution in [-0.2, 0) is 19.5 Å². The predicted molar refractivity (Wildman–Crippen MR) is 93.1 cm³/mol. The molecule has 1 fully saturated rings. The van der Waals surface area contributed by atoms with Crippen molar-refractivity contribution in [1.82, 2.24) is 15.0 Å². The van der Waals surface area contributed by atoms with Crippen molar-refractivity contribution in [2.45, 2.75) is 65.0 Å². The summed E-state index contributed by atoms with van der Waals surface area (Å²) >= 11 is 0. The van der Waals surface area contributed by atoms with Gasteiger partial charge < -0.3 is 5.73 Å². The molecule has 0 aliphatic heterocycles. The minimum atomic E-state index is 0.480. The molecule has 4 nitrogen and oxygen atoms in total. The molecule has 23 heavy (non-hydrogen) atoms. The first-order chi connectivity index (χ1) is 11.3. The molecule has 1 heterocycles. The smallest absolute Gasteiger partial charge is 0.0994 e. The zero-order chi connectivity index (χ0) is 16.1. The highest BCUT2D eigenvalue weighted by Gasteiger charge is 2.17. The first-order valence-corrected chi connectivity index (χ1v) is 8.93. The summed E-state index contributed by atoms with van der Waals surface area (Å²) in [5.41, 5.74) is 10.6. The summed E-state index contributed by atoms with van der Waals surface area (Å²) in [5.74, 6) is 0.872. The van der Waals surface area contributed by atoms with Gasteiger partial charge in [-0.2, -0.15) is 0 Å². The van der Waals surface area contributed by atoms with Crippen LogP contribution in [0.15, 0.2) is 24.3 Å². The van der Waals surface area contributed by atoms with Crippen LogP contribution >= 0.6 is 0 Å². The molecule has 2 N–H and O–H groups in total. The van der Waals surface area contributed by atoms with E-state index in [-0.39, 0.29) is 0 Å². The molecule has 1 aromatic heterocycles. The summed E-state index contributed by atoms with van der Waals surface area (Å²) in [4.78, 5) is 0. The van der Waals surface area contributed by atoms with E-state index >= 15 is 0 Å². The number of aryl methyl sites for hydroxylation is 1. The van der Waals surface area contributed by atoms with Gasteiger partial charge in [-0.15, -0.1) is 5.10 Å². The molecule has 2 aromatic rings. The summed E-state index contributed by atoms with van der Waals surface area (Å²) in [5, 5.41) is 8.66. The third-order valence-electron chi connectivity index (χ3n) is 5.08. The molecule has 0 bridgehead atoms. The van der Waals surface area contributed by atoms with E-state index in [2.05, 4.69) is 46.2 Å². The number of rotatable bonds is 6. The summed E-state index contributed by atoms with van der Waals surface area (Å²) in [7, 11) is 0. The van der Waals surface area contributed by atoms with Gasteiger partial charge in [-0.05, 0) is 31.2 Å². The van der Waals surface area contributed by atoms with Gasteiger partial charge in [0.15, 0.2) is 0 Å². The van der Waals surface area contributed by atoms with E-state index in [1.54, 1.807) is 0 Å². The van der Waals surface area contributed by atoms with Gasteiger partial charge in [0.2, 0.25) is 0 Å². The van der Waals surface area contributed by atoms with E-state index in [9.17, 15) is 0 Å². The standard InChI is InChI=1S/C19H28N4/c1-15-7-9-17(10-8-15)14-23-19(18(13-20)21-22-23)12-11-16-5-3-2-4-6-16/h7-10,16H,2-6,11-14,20H2,1H3. The third kappa shape index (κ3) is 4.20. The maximum Gasteiger partial charge on any atom is 0.0994 e. The van der Waals surface area contributed by atoms with E-state index in [1.807, 2.05) is 0 Å². The molecule has 3 rings (SSSR count). The molecule has 0 radical (unpaired) electrons. The Hall–Kier alpha value is -1.68. The van der Waals surface area contributed by atoms with Crippen molar-refractivity contribution in [1.29, 1.82) is 0 Å².